The number of nitrogens with two attached hydrogens (primary N) is 1. The van der Waals surface area contributed by atoms with E-state index in [9.17, 15) is 17.6 Å². The number of alkyl halides is 4. The Hall–Kier alpha value is -2.08. The SMILES string of the molecule is CC(F)(F)c1ccc(CN=C(N)c2ccc(Cl)c(C(C)(F)F)c2)cc1. The molecule has 0 spiro atoms. The van der Waals surface area contributed by atoms with Gasteiger partial charge in [0.15, 0.2) is 0 Å². The van der Waals surface area contributed by atoms with E-state index in [1.54, 1.807) is 0 Å². The number of hydrogen-bond acceptors (Lipinski definition) is 1. The van der Waals surface area contributed by atoms with Gasteiger partial charge in [-0.1, -0.05) is 35.9 Å². The van der Waals surface area contributed by atoms with Crippen LogP contribution in [-0.4, -0.2) is 5.84 Å². The van der Waals surface area contributed by atoms with Crippen LogP contribution in [0.15, 0.2) is 47.5 Å². The fourth-order valence-corrected chi connectivity index (χ4v) is 2.48. The Morgan fingerprint density at radius 1 is 1.00 bits per heavy atom. The Morgan fingerprint density at radius 2 is 1.60 bits per heavy atom. The lowest BCUT2D eigenvalue weighted by molar-refractivity contribution is 0.0168. The predicted molar refractivity (Wildman–Crippen MR) is 91.5 cm³/mol. The van der Waals surface area contributed by atoms with Gasteiger partial charge in [0, 0.05) is 35.6 Å². The Balaban J connectivity index is 2.19. The third-order valence-corrected chi connectivity index (χ3v) is 3.96. The highest BCUT2D eigenvalue weighted by molar-refractivity contribution is 6.31. The van der Waals surface area contributed by atoms with Crippen molar-refractivity contribution in [2.24, 2.45) is 10.7 Å². The van der Waals surface area contributed by atoms with Crippen molar-refractivity contribution in [1.82, 2.24) is 0 Å². The van der Waals surface area contributed by atoms with Crippen LogP contribution in [0.5, 0.6) is 0 Å². The molecule has 0 saturated heterocycles. The summed E-state index contributed by atoms with van der Waals surface area (Å²) in [5, 5.41) is -0.0554. The van der Waals surface area contributed by atoms with Gasteiger partial charge in [0.05, 0.1) is 6.54 Å². The molecule has 0 aromatic heterocycles. The number of amidine groups is 1. The summed E-state index contributed by atoms with van der Waals surface area (Å²) in [7, 11) is 0. The average Bonchev–Trinajstić information content (AvgIpc) is 2.51. The molecule has 0 saturated carbocycles. The van der Waals surface area contributed by atoms with Crippen molar-refractivity contribution < 1.29 is 17.6 Å². The number of nitrogens with zero attached hydrogens (tertiary/aromatic N) is 1. The van der Waals surface area contributed by atoms with E-state index in [1.807, 2.05) is 0 Å². The molecule has 0 aliphatic rings. The third kappa shape index (κ3) is 4.95. The summed E-state index contributed by atoms with van der Waals surface area (Å²) < 4.78 is 53.4. The van der Waals surface area contributed by atoms with Crippen LogP contribution in [0.25, 0.3) is 0 Å². The molecule has 7 heteroatoms. The molecular weight excluding hydrogens is 356 g/mol. The van der Waals surface area contributed by atoms with Crippen molar-refractivity contribution in [2.75, 3.05) is 0 Å². The number of rotatable bonds is 5. The molecule has 0 aliphatic carbocycles. The van der Waals surface area contributed by atoms with Crippen molar-refractivity contribution in [2.45, 2.75) is 32.2 Å². The van der Waals surface area contributed by atoms with Gasteiger partial charge in [0.25, 0.3) is 11.8 Å². The molecule has 0 atom stereocenters. The van der Waals surface area contributed by atoms with Gasteiger partial charge in [-0.2, -0.15) is 0 Å². The smallest absolute Gasteiger partial charge is 0.271 e. The summed E-state index contributed by atoms with van der Waals surface area (Å²) in [5.74, 6) is -5.95. The normalized spacial score (nSPS) is 13.2. The Kier molecular flexibility index (Phi) is 5.42. The summed E-state index contributed by atoms with van der Waals surface area (Å²) in [6, 6.07) is 9.72. The first-order valence-electron chi connectivity index (χ1n) is 7.44. The topological polar surface area (TPSA) is 38.4 Å². The lowest BCUT2D eigenvalue weighted by Gasteiger charge is -2.14. The molecule has 25 heavy (non-hydrogen) atoms. The number of benzene rings is 2. The Bertz CT molecular complexity index is 775. The van der Waals surface area contributed by atoms with Crippen LogP contribution in [0.4, 0.5) is 17.6 Å². The first-order chi connectivity index (χ1) is 11.5. The number of halogens is 5. The Labute approximate surface area is 148 Å². The van der Waals surface area contributed by atoms with Gasteiger partial charge in [-0.05, 0) is 23.8 Å². The van der Waals surface area contributed by atoms with Crippen LogP contribution in [0, 0.1) is 0 Å². The van der Waals surface area contributed by atoms with Crippen molar-refractivity contribution >= 4 is 17.4 Å². The van der Waals surface area contributed by atoms with Gasteiger partial charge in [-0.25, -0.2) is 17.6 Å². The van der Waals surface area contributed by atoms with E-state index in [2.05, 4.69) is 4.99 Å². The van der Waals surface area contributed by atoms with Gasteiger partial charge in [0.2, 0.25) is 0 Å². The van der Waals surface area contributed by atoms with E-state index in [0.29, 0.717) is 11.1 Å². The second-order valence-electron chi connectivity index (χ2n) is 5.87. The van der Waals surface area contributed by atoms with Crippen LogP contribution in [-0.2, 0) is 18.4 Å². The Morgan fingerprint density at radius 3 is 2.12 bits per heavy atom. The van der Waals surface area contributed by atoms with Gasteiger partial charge >= 0.3 is 0 Å². The molecule has 0 heterocycles. The first-order valence-corrected chi connectivity index (χ1v) is 7.81. The molecule has 2 nitrogen and oxygen atoms in total. The van der Waals surface area contributed by atoms with Crippen LogP contribution in [0.3, 0.4) is 0 Å². The third-order valence-electron chi connectivity index (χ3n) is 3.63. The van der Waals surface area contributed by atoms with Crippen molar-refractivity contribution in [3.05, 3.63) is 69.7 Å². The molecular formula is C18H17ClF4N2. The second kappa shape index (κ2) is 7.04. The molecule has 0 amide bonds. The lowest BCUT2D eigenvalue weighted by atomic mass is 10.1. The molecule has 0 aliphatic heterocycles. The second-order valence-corrected chi connectivity index (χ2v) is 6.28. The quantitative estimate of drug-likeness (QED) is 0.422. The minimum atomic E-state index is -3.10. The van der Waals surface area contributed by atoms with Gasteiger partial charge in [-0.3, -0.25) is 4.99 Å². The maximum absolute atomic E-state index is 13.5. The van der Waals surface area contributed by atoms with Crippen molar-refractivity contribution in [3.8, 4) is 0 Å². The summed E-state index contributed by atoms with van der Waals surface area (Å²) >= 11 is 5.79. The van der Waals surface area contributed by atoms with Crippen LogP contribution in [0.1, 0.15) is 36.1 Å². The monoisotopic (exact) mass is 372 g/mol. The van der Waals surface area contributed by atoms with Crippen LogP contribution in [0.2, 0.25) is 5.02 Å². The molecule has 0 fully saturated rings. The molecule has 2 N–H and O–H groups in total. The van der Waals surface area contributed by atoms with Crippen molar-refractivity contribution in [3.63, 3.8) is 0 Å². The van der Waals surface area contributed by atoms with Gasteiger partial charge in [-0.15, -0.1) is 0 Å². The summed E-state index contributed by atoms with van der Waals surface area (Å²) in [6.07, 6.45) is 0. The van der Waals surface area contributed by atoms with E-state index in [4.69, 9.17) is 17.3 Å². The molecule has 0 radical (unpaired) electrons. The van der Waals surface area contributed by atoms with Crippen LogP contribution < -0.4 is 5.73 Å². The number of aliphatic imine (C=N–C) groups is 1. The minimum absolute atomic E-state index is 0.0554. The van der Waals surface area contributed by atoms with Gasteiger partial charge < -0.3 is 5.73 Å². The zero-order chi connectivity index (χ0) is 18.8. The maximum atomic E-state index is 13.5. The van der Waals surface area contributed by atoms with E-state index < -0.39 is 11.8 Å². The predicted octanol–water partition coefficient (Wildman–Crippen LogP) is 5.47. The van der Waals surface area contributed by atoms with E-state index in [1.165, 1.54) is 42.5 Å². The molecule has 0 bridgehead atoms. The fraction of sp³-hybridized carbons (Fsp3) is 0.278. The number of hydrogen-bond donors (Lipinski definition) is 1. The summed E-state index contributed by atoms with van der Waals surface area (Å²) in [5.41, 5.74) is 6.41. The van der Waals surface area contributed by atoms with E-state index in [-0.39, 0.29) is 28.5 Å². The van der Waals surface area contributed by atoms with E-state index in [0.717, 1.165) is 13.8 Å². The van der Waals surface area contributed by atoms with Gasteiger partial charge in [0.1, 0.15) is 5.84 Å². The molecule has 2 rings (SSSR count). The zero-order valence-electron chi connectivity index (χ0n) is 13.7. The summed E-state index contributed by atoms with van der Waals surface area (Å²) in [6.45, 7) is 1.71. The summed E-state index contributed by atoms with van der Waals surface area (Å²) in [4.78, 5) is 4.13. The largest absolute Gasteiger partial charge is 0.383 e. The molecule has 0 unspecified atom stereocenters. The highest BCUT2D eigenvalue weighted by atomic mass is 35.5. The minimum Gasteiger partial charge on any atom is -0.383 e. The van der Waals surface area contributed by atoms with Crippen molar-refractivity contribution in [1.29, 1.82) is 0 Å². The molecule has 134 valence electrons. The lowest BCUT2D eigenvalue weighted by Crippen LogP contribution is -2.16. The average molecular weight is 373 g/mol. The highest BCUT2D eigenvalue weighted by Gasteiger charge is 2.27. The molecule has 2 aromatic rings. The standard InChI is InChI=1S/C18H17ClF4N2/c1-17(20,21)13-6-3-11(4-7-13)10-25-16(24)12-5-8-15(19)14(9-12)18(2,22)23/h3-9H,10H2,1-2H3,(H2,24,25). The highest BCUT2D eigenvalue weighted by Crippen LogP contribution is 2.33. The zero-order valence-corrected chi connectivity index (χ0v) is 14.4. The molecule has 2 aromatic carbocycles. The fourth-order valence-electron chi connectivity index (χ4n) is 2.19. The van der Waals surface area contributed by atoms with Crippen LogP contribution >= 0.6 is 11.6 Å². The first kappa shape index (κ1) is 19.2. The maximum Gasteiger partial charge on any atom is 0.271 e. The van der Waals surface area contributed by atoms with E-state index >= 15 is 0 Å².